The Hall–Kier alpha value is -2.11. The minimum atomic E-state index is -1.06. The van der Waals surface area contributed by atoms with Crippen LogP contribution in [0.3, 0.4) is 0 Å². The van der Waals surface area contributed by atoms with Crippen molar-refractivity contribution in [2.75, 3.05) is 18.4 Å². The standard InChI is InChI=1S/C13H17N3O3/c1-9(12(17)16-6-2-3-7-16)15-10-4-5-11(13(18)19)14-8-10/h4-5,8-9,15H,2-3,6-7H2,1H3,(H,18,19). The lowest BCUT2D eigenvalue weighted by Gasteiger charge is -2.21. The summed E-state index contributed by atoms with van der Waals surface area (Å²) in [6.45, 7) is 3.44. The van der Waals surface area contributed by atoms with Crippen LogP contribution in [0, 0.1) is 0 Å². The van der Waals surface area contributed by atoms with Gasteiger partial charge in [0.25, 0.3) is 0 Å². The van der Waals surface area contributed by atoms with Gasteiger partial charge in [-0.3, -0.25) is 4.79 Å². The fraction of sp³-hybridized carbons (Fsp3) is 0.462. The minimum Gasteiger partial charge on any atom is -0.477 e. The van der Waals surface area contributed by atoms with Crippen molar-refractivity contribution in [3.8, 4) is 0 Å². The summed E-state index contributed by atoms with van der Waals surface area (Å²) >= 11 is 0. The molecule has 0 spiro atoms. The number of likely N-dealkylation sites (tertiary alicyclic amines) is 1. The van der Waals surface area contributed by atoms with Gasteiger partial charge in [0.05, 0.1) is 11.9 Å². The van der Waals surface area contributed by atoms with Gasteiger partial charge >= 0.3 is 5.97 Å². The quantitative estimate of drug-likeness (QED) is 0.853. The maximum atomic E-state index is 12.1. The van der Waals surface area contributed by atoms with Gasteiger partial charge in [-0.15, -0.1) is 0 Å². The van der Waals surface area contributed by atoms with Gasteiger partial charge in [0.15, 0.2) is 0 Å². The Bertz CT molecular complexity index is 467. The lowest BCUT2D eigenvalue weighted by atomic mass is 10.2. The van der Waals surface area contributed by atoms with Crippen LogP contribution >= 0.6 is 0 Å². The van der Waals surface area contributed by atoms with E-state index in [1.807, 2.05) is 4.90 Å². The van der Waals surface area contributed by atoms with Crippen molar-refractivity contribution in [2.24, 2.45) is 0 Å². The van der Waals surface area contributed by atoms with E-state index in [2.05, 4.69) is 10.3 Å². The number of carboxylic acid groups (broad SMARTS) is 1. The Kier molecular flexibility index (Phi) is 3.99. The summed E-state index contributed by atoms with van der Waals surface area (Å²) in [5.74, 6) is -0.993. The number of carbonyl (C=O) groups excluding carboxylic acids is 1. The summed E-state index contributed by atoms with van der Waals surface area (Å²) in [5.41, 5.74) is 0.633. The average Bonchev–Trinajstić information content (AvgIpc) is 2.92. The highest BCUT2D eigenvalue weighted by Gasteiger charge is 2.23. The maximum absolute atomic E-state index is 12.1. The molecule has 0 bridgehead atoms. The molecule has 0 saturated carbocycles. The van der Waals surface area contributed by atoms with E-state index in [0.717, 1.165) is 25.9 Å². The molecule has 2 heterocycles. The molecule has 2 N–H and O–H groups in total. The van der Waals surface area contributed by atoms with Crippen molar-refractivity contribution in [3.05, 3.63) is 24.0 Å². The fourth-order valence-corrected chi connectivity index (χ4v) is 2.13. The molecule has 6 heteroatoms. The lowest BCUT2D eigenvalue weighted by Crippen LogP contribution is -2.39. The van der Waals surface area contributed by atoms with Crippen LogP contribution in [0.25, 0.3) is 0 Å². The second-order valence-electron chi connectivity index (χ2n) is 4.64. The van der Waals surface area contributed by atoms with Gasteiger partial charge in [-0.2, -0.15) is 0 Å². The van der Waals surface area contributed by atoms with E-state index < -0.39 is 5.97 Å². The Labute approximate surface area is 111 Å². The molecule has 1 fully saturated rings. The van der Waals surface area contributed by atoms with Gasteiger partial charge < -0.3 is 15.3 Å². The number of rotatable bonds is 4. The number of aromatic nitrogens is 1. The Balaban J connectivity index is 1.96. The van der Waals surface area contributed by atoms with E-state index in [4.69, 9.17) is 5.11 Å². The molecule has 19 heavy (non-hydrogen) atoms. The number of hydrogen-bond acceptors (Lipinski definition) is 4. The SMILES string of the molecule is CC(Nc1ccc(C(=O)O)nc1)C(=O)N1CCCC1. The molecule has 1 aromatic heterocycles. The largest absolute Gasteiger partial charge is 0.477 e. The number of pyridine rings is 1. The van der Waals surface area contributed by atoms with Gasteiger partial charge in [-0.05, 0) is 31.9 Å². The topological polar surface area (TPSA) is 82.5 Å². The maximum Gasteiger partial charge on any atom is 0.354 e. The number of nitrogens with zero attached hydrogens (tertiary/aromatic N) is 2. The molecular weight excluding hydrogens is 246 g/mol. The molecule has 2 rings (SSSR count). The molecule has 1 saturated heterocycles. The normalized spacial score (nSPS) is 16.2. The summed E-state index contributed by atoms with van der Waals surface area (Å²) in [4.78, 5) is 28.4. The Morgan fingerprint density at radius 3 is 2.58 bits per heavy atom. The van der Waals surface area contributed by atoms with Gasteiger partial charge in [-0.1, -0.05) is 0 Å². The van der Waals surface area contributed by atoms with Gasteiger partial charge in [0.1, 0.15) is 11.7 Å². The van der Waals surface area contributed by atoms with Crippen molar-refractivity contribution in [2.45, 2.75) is 25.8 Å². The number of hydrogen-bond donors (Lipinski definition) is 2. The van der Waals surface area contributed by atoms with Crippen LogP contribution in [0.4, 0.5) is 5.69 Å². The van der Waals surface area contributed by atoms with Crippen molar-refractivity contribution in [3.63, 3.8) is 0 Å². The second-order valence-corrected chi connectivity index (χ2v) is 4.64. The van der Waals surface area contributed by atoms with Crippen LogP contribution in [0.5, 0.6) is 0 Å². The third-order valence-electron chi connectivity index (χ3n) is 3.15. The Morgan fingerprint density at radius 1 is 1.37 bits per heavy atom. The summed E-state index contributed by atoms with van der Waals surface area (Å²) < 4.78 is 0. The smallest absolute Gasteiger partial charge is 0.354 e. The summed E-state index contributed by atoms with van der Waals surface area (Å²) in [6, 6.07) is 2.69. The number of carbonyl (C=O) groups is 2. The zero-order chi connectivity index (χ0) is 13.8. The molecule has 1 atom stereocenters. The highest BCUT2D eigenvalue weighted by Crippen LogP contribution is 2.12. The van der Waals surface area contributed by atoms with Crippen molar-refractivity contribution in [1.82, 2.24) is 9.88 Å². The van der Waals surface area contributed by atoms with Crippen LogP contribution in [0.2, 0.25) is 0 Å². The summed E-state index contributed by atoms with van der Waals surface area (Å²) in [5, 5.41) is 11.8. The predicted molar refractivity (Wildman–Crippen MR) is 70.1 cm³/mol. The minimum absolute atomic E-state index is 0.0101. The van der Waals surface area contributed by atoms with Crippen LogP contribution in [-0.4, -0.2) is 46.0 Å². The van der Waals surface area contributed by atoms with E-state index in [9.17, 15) is 9.59 Å². The van der Waals surface area contributed by atoms with Crippen LogP contribution in [0.1, 0.15) is 30.3 Å². The van der Waals surface area contributed by atoms with Crippen molar-refractivity contribution in [1.29, 1.82) is 0 Å². The molecule has 0 radical (unpaired) electrons. The first-order chi connectivity index (χ1) is 9.08. The number of carboxylic acids is 1. The van der Waals surface area contributed by atoms with Crippen LogP contribution in [-0.2, 0) is 4.79 Å². The van der Waals surface area contributed by atoms with E-state index in [0.29, 0.717) is 5.69 Å². The number of amides is 1. The van der Waals surface area contributed by atoms with E-state index in [1.165, 1.54) is 12.3 Å². The first kappa shape index (κ1) is 13.3. The van der Waals surface area contributed by atoms with E-state index in [1.54, 1.807) is 13.0 Å². The van der Waals surface area contributed by atoms with Crippen LogP contribution in [0.15, 0.2) is 18.3 Å². The van der Waals surface area contributed by atoms with E-state index >= 15 is 0 Å². The first-order valence-electron chi connectivity index (χ1n) is 6.32. The predicted octanol–water partition coefficient (Wildman–Crippen LogP) is 1.20. The third kappa shape index (κ3) is 3.21. The average molecular weight is 263 g/mol. The molecule has 1 amide bonds. The molecule has 0 aromatic carbocycles. The van der Waals surface area contributed by atoms with Crippen molar-refractivity contribution < 1.29 is 14.7 Å². The zero-order valence-corrected chi connectivity index (χ0v) is 10.8. The first-order valence-corrected chi connectivity index (χ1v) is 6.32. The molecular formula is C13H17N3O3. The zero-order valence-electron chi connectivity index (χ0n) is 10.8. The fourth-order valence-electron chi connectivity index (χ4n) is 2.13. The molecule has 0 aliphatic carbocycles. The van der Waals surface area contributed by atoms with Gasteiger partial charge in [0, 0.05) is 13.1 Å². The van der Waals surface area contributed by atoms with Crippen LogP contribution < -0.4 is 5.32 Å². The Morgan fingerprint density at radius 2 is 2.05 bits per heavy atom. The number of aromatic carboxylic acids is 1. The highest BCUT2D eigenvalue weighted by atomic mass is 16.4. The molecule has 1 aliphatic heterocycles. The third-order valence-corrected chi connectivity index (χ3v) is 3.15. The summed E-state index contributed by atoms with van der Waals surface area (Å²) in [6.07, 6.45) is 3.55. The number of anilines is 1. The van der Waals surface area contributed by atoms with E-state index in [-0.39, 0.29) is 17.6 Å². The monoisotopic (exact) mass is 263 g/mol. The van der Waals surface area contributed by atoms with Gasteiger partial charge in [-0.25, -0.2) is 9.78 Å². The molecule has 1 unspecified atom stereocenters. The molecule has 6 nitrogen and oxygen atoms in total. The highest BCUT2D eigenvalue weighted by molar-refractivity contribution is 5.86. The molecule has 1 aromatic rings. The summed E-state index contributed by atoms with van der Waals surface area (Å²) in [7, 11) is 0. The van der Waals surface area contributed by atoms with Crippen molar-refractivity contribution >= 4 is 17.6 Å². The second kappa shape index (κ2) is 5.69. The lowest BCUT2D eigenvalue weighted by molar-refractivity contribution is -0.130. The van der Waals surface area contributed by atoms with Gasteiger partial charge in [0.2, 0.25) is 5.91 Å². The molecule has 1 aliphatic rings. The number of nitrogens with one attached hydrogen (secondary N) is 1. The molecule has 102 valence electrons.